The lowest BCUT2D eigenvalue weighted by Crippen LogP contribution is -2.18. The summed E-state index contributed by atoms with van der Waals surface area (Å²) in [6, 6.07) is 9.10. The number of anilines is 3. The highest BCUT2D eigenvalue weighted by Gasteiger charge is 2.16. The number of Topliss-reactive ketones (excluding diaryl/α,β-unsaturated/α-hetero) is 1. The van der Waals surface area contributed by atoms with Crippen molar-refractivity contribution in [3.05, 3.63) is 65.7 Å². The molecule has 2 aromatic heterocycles. The van der Waals surface area contributed by atoms with Crippen molar-refractivity contribution in [2.45, 2.75) is 38.5 Å². The van der Waals surface area contributed by atoms with Gasteiger partial charge >= 0.3 is 0 Å². The van der Waals surface area contributed by atoms with Gasteiger partial charge in [-0.3, -0.25) is 4.79 Å². The number of terminal acetylenes is 1. The number of hydrogen-bond donors (Lipinski definition) is 2. The largest absolute Gasteiger partial charge is 0.497 e. The maximum atomic E-state index is 13.0. The summed E-state index contributed by atoms with van der Waals surface area (Å²) in [4.78, 5) is 25.9. The number of ketones is 1. The summed E-state index contributed by atoms with van der Waals surface area (Å²) in [6.07, 6.45) is 16.8. The number of nitrogens with one attached hydrogen (secondary N) is 2. The Balaban J connectivity index is 1.52. The van der Waals surface area contributed by atoms with E-state index in [1.54, 1.807) is 43.8 Å². The summed E-state index contributed by atoms with van der Waals surface area (Å²) in [6.45, 7) is 0.879. The maximum Gasteiger partial charge on any atom is 0.167 e. The smallest absolute Gasteiger partial charge is 0.167 e. The van der Waals surface area contributed by atoms with Crippen LogP contribution in [0.2, 0.25) is 0 Å². The molecule has 1 aromatic carbocycles. The van der Waals surface area contributed by atoms with Crippen molar-refractivity contribution in [1.82, 2.24) is 15.0 Å². The highest BCUT2D eigenvalue weighted by atomic mass is 16.5. The molecule has 0 unspecified atom stereocenters. The lowest BCUT2D eigenvalue weighted by atomic mass is 9.89. The van der Waals surface area contributed by atoms with Crippen LogP contribution >= 0.6 is 0 Å². The summed E-state index contributed by atoms with van der Waals surface area (Å²) < 4.78 is 5.19. The Morgan fingerprint density at radius 1 is 1.06 bits per heavy atom. The van der Waals surface area contributed by atoms with Crippen LogP contribution in [0, 0.1) is 18.3 Å². The zero-order valence-electron chi connectivity index (χ0n) is 19.4. The molecule has 1 aliphatic carbocycles. The first-order valence-corrected chi connectivity index (χ1v) is 11.6. The monoisotopic (exact) mass is 455 g/mol. The summed E-state index contributed by atoms with van der Waals surface area (Å²) >= 11 is 0. The molecule has 0 spiro atoms. The van der Waals surface area contributed by atoms with Gasteiger partial charge in [0.05, 0.1) is 19.5 Å². The summed E-state index contributed by atoms with van der Waals surface area (Å²) in [7, 11) is 1.61. The molecule has 4 rings (SSSR count). The first kappa shape index (κ1) is 23.2. The predicted octanol–water partition coefficient (Wildman–Crippen LogP) is 5.02. The number of pyridine rings is 1. The van der Waals surface area contributed by atoms with Gasteiger partial charge in [0, 0.05) is 42.0 Å². The van der Waals surface area contributed by atoms with Gasteiger partial charge < -0.3 is 15.4 Å². The predicted molar refractivity (Wildman–Crippen MR) is 134 cm³/mol. The molecule has 2 N–H and O–H groups in total. The SMILES string of the molecule is C#Cc1cnc(Nc2cc(NCC3CCCCC3)c(CC(=O)c3ccc(OC)cc3)cn2)cn1. The van der Waals surface area contributed by atoms with Gasteiger partial charge in [-0.25, -0.2) is 15.0 Å². The molecule has 34 heavy (non-hydrogen) atoms. The number of methoxy groups -OCH3 is 1. The van der Waals surface area contributed by atoms with Crippen LogP contribution < -0.4 is 15.4 Å². The van der Waals surface area contributed by atoms with E-state index in [-0.39, 0.29) is 12.2 Å². The third kappa shape index (κ3) is 6.10. The van der Waals surface area contributed by atoms with Gasteiger partial charge in [-0.1, -0.05) is 19.3 Å². The van der Waals surface area contributed by atoms with Crippen molar-refractivity contribution >= 4 is 23.1 Å². The van der Waals surface area contributed by atoms with Gasteiger partial charge in [-0.15, -0.1) is 6.42 Å². The van der Waals surface area contributed by atoms with E-state index in [2.05, 4.69) is 31.5 Å². The van der Waals surface area contributed by atoms with E-state index in [4.69, 9.17) is 11.2 Å². The Labute approximate surface area is 200 Å². The lowest BCUT2D eigenvalue weighted by molar-refractivity contribution is 0.0993. The van der Waals surface area contributed by atoms with Crippen molar-refractivity contribution in [3.63, 3.8) is 0 Å². The number of ether oxygens (including phenoxy) is 1. The summed E-state index contributed by atoms with van der Waals surface area (Å²) in [5.41, 5.74) is 2.87. The third-order valence-corrected chi connectivity index (χ3v) is 6.11. The van der Waals surface area contributed by atoms with E-state index in [1.165, 1.54) is 38.3 Å². The highest BCUT2D eigenvalue weighted by Crippen LogP contribution is 2.27. The average Bonchev–Trinajstić information content (AvgIpc) is 2.89. The number of carbonyl (C=O) groups is 1. The quantitative estimate of drug-likeness (QED) is 0.346. The molecule has 0 saturated heterocycles. The Bertz CT molecular complexity index is 1150. The molecule has 1 saturated carbocycles. The van der Waals surface area contributed by atoms with Crippen molar-refractivity contribution < 1.29 is 9.53 Å². The second kappa shape index (κ2) is 11.3. The molecule has 1 aliphatic rings. The first-order chi connectivity index (χ1) is 16.6. The minimum atomic E-state index is 0.0293. The van der Waals surface area contributed by atoms with Crippen molar-refractivity contribution in [3.8, 4) is 18.1 Å². The Hall–Kier alpha value is -3.92. The average molecular weight is 456 g/mol. The lowest BCUT2D eigenvalue weighted by Gasteiger charge is -2.23. The standard InChI is InChI=1S/C27H29N5O2/c1-3-22-17-31-27(18-28-22)32-26-14-24(29-15-19-7-5-4-6-8-19)21(16-30-26)13-25(33)20-9-11-23(34-2)12-10-20/h1,9-12,14,16-19H,4-8,13,15H2,2H3,(H2,29,30,31,32). The maximum absolute atomic E-state index is 13.0. The van der Waals surface area contributed by atoms with Gasteiger partial charge in [-0.2, -0.15) is 0 Å². The molecule has 7 nitrogen and oxygen atoms in total. The molecule has 1 fully saturated rings. The molecule has 0 atom stereocenters. The topological polar surface area (TPSA) is 89.0 Å². The van der Waals surface area contributed by atoms with E-state index in [0.29, 0.717) is 28.8 Å². The van der Waals surface area contributed by atoms with Crippen molar-refractivity contribution in [1.29, 1.82) is 0 Å². The number of carbonyl (C=O) groups excluding carboxylic acids is 1. The fourth-order valence-corrected chi connectivity index (χ4v) is 4.15. The van der Waals surface area contributed by atoms with E-state index in [0.717, 1.165) is 23.5 Å². The van der Waals surface area contributed by atoms with Crippen molar-refractivity contribution in [2.75, 3.05) is 24.3 Å². The number of aromatic nitrogens is 3. The van der Waals surface area contributed by atoms with Gasteiger partial charge in [-0.05, 0) is 48.9 Å². The molecule has 3 aromatic rings. The number of hydrogen-bond acceptors (Lipinski definition) is 7. The minimum absolute atomic E-state index is 0.0293. The Kier molecular flexibility index (Phi) is 7.71. The second-order valence-electron chi connectivity index (χ2n) is 8.50. The van der Waals surface area contributed by atoms with Gasteiger partial charge in [0.25, 0.3) is 0 Å². The number of benzene rings is 1. The first-order valence-electron chi connectivity index (χ1n) is 11.6. The molecule has 174 valence electrons. The highest BCUT2D eigenvalue weighted by molar-refractivity contribution is 5.98. The zero-order valence-corrected chi connectivity index (χ0v) is 19.4. The minimum Gasteiger partial charge on any atom is -0.497 e. The third-order valence-electron chi connectivity index (χ3n) is 6.11. The second-order valence-corrected chi connectivity index (χ2v) is 8.50. The molecule has 7 heteroatoms. The molecule has 0 aliphatic heterocycles. The van der Waals surface area contributed by atoms with Crippen molar-refractivity contribution in [2.24, 2.45) is 5.92 Å². The van der Waals surface area contributed by atoms with Gasteiger partial charge in [0.15, 0.2) is 5.78 Å². The Morgan fingerprint density at radius 2 is 1.82 bits per heavy atom. The number of rotatable bonds is 9. The fraction of sp³-hybridized carbons (Fsp3) is 0.333. The van der Waals surface area contributed by atoms with Crippen LogP contribution in [0.1, 0.15) is 53.7 Å². The molecule has 2 heterocycles. The van der Waals surface area contributed by atoms with Gasteiger partial charge in [0.2, 0.25) is 0 Å². The molecular formula is C27H29N5O2. The summed E-state index contributed by atoms with van der Waals surface area (Å²) in [5.74, 6) is 5.02. The molecule has 0 amide bonds. The fourth-order valence-electron chi connectivity index (χ4n) is 4.15. The normalized spacial score (nSPS) is 13.6. The zero-order chi connectivity index (χ0) is 23.8. The van der Waals surface area contributed by atoms with Crippen LogP contribution in [-0.4, -0.2) is 34.4 Å². The van der Waals surface area contributed by atoms with Crippen LogP contribution in [0.4, 0.5) is 17.3 Å². The number of nitrogens with zero attached hydrogens (tertiary/aromatic N) is 3. The molecule has 0 radical (unpaired) electrons. The summed E-state index contributed by atoms with van der Waals surface area (Å²) in [5, 5.41) is 6.75. The van der Waals surface area contributed by atoms with E-state index in [1.807, 2.05) is 6.07 Å². The van der Waals surface area contributed by atoms with E-state index < -0.39 is 0 Å². The van der Waals surface area contributed by atoms with Crippen LogP contribution in [0.5, 0.6) is 5.75 Å². The van der Waals surface area contributed by atoms with E-state index >= 15 is 0 Å². The molecule has 0 bridgehead atoms. The van der Waals surface area contributed by atoms with E-state index in [9.17, 15) is 4.79 Å². The van der Waals surface area contributed by atoms with Gasteiger partial charge in [0.1, 0.15) is 23.1 Å². The van der Waals surface area contributed by atoms with Crippen LogP contribution in [0.25, 0.3) is 0 Å². The Morgan fingerprint density at radius 3 is 2.50 bits per heavy atom. The van der Waals surface area contributed by atoms with Crippen LogP contribution in [0.3, 0.4) is 0 Å². The van der Waals surface area contributed by atoms with Crippen LogP contribution in [-0.2, 0) is 6.42 Å². The molecular weight excluding hydrogens is 426 g/mol. The van der Waals surface area contributed by atoms with Crippen LogP contribution in [0.15, 0.2) is 48.9 Å².